The number of nitriles is 1. The minimum Gasteiger partial charge on any atom is -0.481 e. The lowest BCUT2D eigenvalue weighted by Crippen LogP contribution is -2.51. The summed E-state index contributed by atoms with van der Waals surface area (Å²) in [7, 11) is 0. The number of hydrogen-bond donors (Lipinski definition) is 2. The molecule has 0 bridgehead atoms. The van der Waals surface area contributed by atoms with Crippen molar-refractivity contribution in [2.45, 2.75) is 52.5 Å². The van der Waals surface area contributed by atoms with Crippen LogP contribution in [-0.2, 0) is 17.6 Å². The second-order valence-electron chi connectivity index (χ2n) is 6.64. The summed E-state index contributed by atoms with van der Waals surface area (Å²) in [6.07, 6.45) is 2.93. The highest BCUT2D eigenvalue weighted by Gasteiger charge is 2.44. The van der Waals surface area contributed by atoms with Gasteiger partial charge in [0, 0.05) is 11.2 Å². The van der Waals surface area contributed by atoms with Gasteiger partial charge in [-0.3, -0.25) is 4.79 Å². The summed E-state index contributed by atoms with van der Waals surface area (Å²) >= 11 is 0. The molecule has 0 saturated carbocycles. The van der Waals surface area contributed by atoms with Crippen LogP contribution in [0.15, 0.2) is 6.07 Å². The number of nitrogens with one attached hydrogen (secondary N) is 1. The van der Waals surface area contributed by atoms with Crippen molar-refractivity contribution in [3.8, 4) is 6.07 Å². The first-order valence-electron chi connectivity index (χ1n) is 7.13. The highest BCUT2D eigenvalue weighted by Crippen LogP contribution is 2.35. The van der Waals surface area contributed by atoms with Gasteiger partial charge in [-0.2, -0.15) is 5.26 Å². The maximum absolute atomic E-state index is 11.5. The van der Waals surface area contributed by atoms with Gasteiger partial charge in [0.1, 0.15) is 11.9 Å². The Hall–Kier alpha value is -2.09. The molecule has 0 fully saturated rings. The average Bonchev–Trinajstić information content (AvgIpc) is 2.83. The molecular formula is C16H21N3O2. The molecule has 0 aliphatic heterocycles. The molecule has 0 aromatic carbocycles. The molecule has 1 aliphatic carbocycles. The molecule has 0 saturated heterocycles. The highest BCUT2D eigenvalue weighted by molar-refractivity contribution is 5.76. The SMILES string of the molecule is CC(C)(Nc1nc2c(cc1C#N)CCC2)C(C)(C)C(=O)O. The first-order chi connectivity index (χ1) is 9.69. The lowest BCUT2D eigenvalue weighted by atomic mass is 9.74. The Balaban J connectivity index is 2.40. The van der Waals surface area contributed by atoms with Crippen LogP contribution in [0.3, 0.4) is 0 Å². The van der Waals surface area contributed by atoms with Crippen molar-refractivity contribution in [2.24, 2.45) is 5.41 Å². The molecule has 0 atom stereocenters. The number of nitrogens with zero attached hydrogens (tertiary/aromatic N) is 2. The number of hydrogen-bond acceptors (Lipinski definition) is 4. The zero-order valence-corrected chi connectivity index (χ0v) is 12.9. The Labute approximate surface area is 125 Å². The molecule has 5 heteroatoms. The van der Waals surface area contributed by atoms with Crippen LogP contribution in [0.5, 0.6) is 0 Å². The Kier molecular flexibility index (Phi) is 3.66. The number of carbonyl (C=O) groups is 1. The molecule has 5 nitrogen and oxygen atoms in total. The fourth-order valence-electron chi connectivity index (χ4n) is 2.37. The van der Waals surface area contributed by atoms with Crippen molar-refractivity contribution in [2.75, 3.05) is 5.32 Å². The molecule has 2 N–H and O–H groups in total. The summed E-state index contributed by atoms with van der Waals surface area (Å²) in [5.74, 6) is -0.405. The van der Waals surface area contributed by atoms with Gasteiger partial charge in [0.25, 0.3) is 0 Å². The quantitative estimate of drug-likeness (QED) is 0.889. The third-order valence-electron chi connectivity index (χ3n) is 4.70. The van der Waals surface area contributed by atoms with E-state index < -0.39 is 16.9 Å². The molecule has 1 heterocycles. The van der Waals surface area contributed by atoms with E-state index in [-0.39, 0.29) is 0 Å². The number of aliphatic carboxylic acids is 1. The summed E-state index contributed by atoms with van der Waals surface area (Å²) < 4.78 is 0. The first-order valence-corrected chi connectivity index (χ1v) is 7.13. The van der Waals surface area contributed by atoms with E-state index in [1.54, 1.807) is 13.8 Å². The molecule has 0 unspecified atom stereocenters. The van der Waals surface area contributed by atoms with Crippen LogP contribution in [0.1, 0.15) is 50.9 Å². The predicted octanol–water partition coefficient (Wildman–Crippen LogP) is 2.74. The molecule has 0 spiro atoms. The number of aromatic nitrogens is 1. The van der Waals surface area contributed by atoms with E-state index in [0.29, 0.717) is 11.4 Å². The second kappa shape index (κ2) is 5.03. The van der Waals surface area contributed by atoms with Gasteiger partial charge >= 0.3 is 5.97 Å². The molecule has 1 aliphatic rings. The van der Waals surface area contributed by atoms with E-state index >= 15 is 0 Å². The minimum atomic E-state index is -1.000. The van der Waals surface area contributed by atoms with Crippen molar-refractivity contribution >= 4 is 11.8 Å². The molecule has 0 radical (unpaired) electrons. The van der Waals surface area contributed by atoms with Crippen molar-refractivity contribution < 1.29 is 9.90 Å². The van der Waals surface area contributed by atoms with Gasteiger partial charge in [-0.15, -0.1) is 0 Å². The van der Waals surface area contributed by atoms with E-state index in [4.69, 9.17) is 0 Å². The highest BCUT2D eigenvalue weighted by atomic mass is 16.4. The van der Waals surface area contributed by atoms with E-state index in [0.717, 1.165) is 30.5 Å². The van der Waals surface area contributed by atoms with Crippen molar-refractivity contribution in [1.82, 2.24) is 4.98 Å². The van der Waals surface area contributed by atoms with Crippen LogP contribution in [0, 0.1) is 16.7 Å². The number of pyridine rings is 1. The number of anilines is 1. The van der Waals surface area contributed by atoms with Crippen LogP contribution >= 0.6 is 0 Å². The minimum absolute atomic E-state index is 0.477. The summed E-state index contributed by atoms with van der Waals surface area (Å²) in [6, 6.07) is 4.03. The zero-order valence-electron chi connectivity index (χ0n) is 12.9. The maximum atomic E-state index is 11.5. The lowest BCUT2D eigenvalue weighted by molar-refractivity contribution is -0.149. The Morgan fingerprint density at radius 1 is 1.38 bits per heavy atom. The third kappa shape index (κ3) is 2.58. The smallest absolute Gasteiger partial charge is 0.311 e. The van der Waals surface area contributed by atoms with E-state index in [2.05, 4.69) is 16.4 Å². The summed E-state index contributed by atoms with van der Waals surface area (Å²) in [5, 5.41) is 21.9. The van der Waals surface area contributed by atoms with Crippen molar-refractivity contribution in [1.29, 1.82) is 5.26 Å². The molecular weight excluding hydrogens is 266 g/mol. The van der Waals surface area contributed by atoms with Gasteiger partial charge < -0.3 is 10.4 Å². The van der Waals surface area contributed by atoms with Gasteiger partial charge in [-0.25, -0.2) is 4.98 Å². The molecule has 2 rings (SSSR count). The number of rotatable bonds is 4. The summed E-state index contributed by atoms with van der Waals surface area (Å²) in [4.78, 5) is 16.0. The fourth-order valence-corrected chi connectivity index (χ4v) is 2.37. The number of aryl methyl sites for hydroxylation is 2. The molecule has 112 valence electrons. The van der Waals surface area contributed by atoms with Crippen molar-refractivity contribution in [3.63, 3.8) is 0 Å². The number of fused-ring (bicyclic) bond motifs is 1. The predicted molar refractivity (Wildman–Crippen MR) is 80.1 cm³/mol. The normalized spacial score (nSPS) is 14.4. The van der Waals surface area contributed by atoms with Gasteiger partial charge in [0.15, 0.2) is 0 Å². The number of carboxylic acids is 1. The largest absolute Gasteiger partial charge is 0.481 e. The van der Waals surface area contributed by atoms with Crippen molar-refractivity contribution in [3.05, 3.63) is 22.9 Å². The topological polar surface area (TPSA) is 86.0 Å². The van der Waals surface area contributed by atoms with Crippen LogP contribution in [0.25, 0.3) is 0 Å². The van der Waals surface area contributed by atoms with Gasteiger partial charge in [-0.05, 0) is 58.6 Å². The Bertz CT molecular complexity index is 627. The Morgan fingerprint density at radius 2 is 2.05 bits per heavy atom. The van der Waals surface area contributed by atoms with E-state index in [9.17, 15) is 15.2 Å². The van der Waals surface area contributed by atoms with E-state index in [1.807, 2.05) is 19.9 Å². The average molecular weight is 287 g/mol. The number of carboxylic acid groups (broad SMARTS) is 1. The van der Waals surface area contributed by atoms with Crippen LogP contribution in [0.2, 0.25) is 0 Å². The monoisotopic (exact) mass is 287 g/mol. The molecule has 1 aromatic heterocycles. The van der Waals surface area contributed by atoms with Crippen LogP contribution in [0.4, 0.5) is 5.82 Å². The fraction of sp³-hybridized carbons (Fsp3) is 0.562. The lowest BCUT2D eigenvalue weighted by Gasteiger charge is -2.39. The zero-order chi connectivity index (χ0) is 15.8. The molecule has 0 amide bonds. The molecule has 21 heavy (non-hydrogen) atoms. The van der Waals surface area contributed by atoms with Crippen LogP contribution < -0.4 is 5.32 Å². The summed E-state index contributed by atoms with van der Waals surface area (Å²) in [6.45, 7) is 6.97. The standard InChI is InChI=1S/C16H21N3O2/c1-15(2,14(20)21)16(3,4)19-13-11(9-17)8-10-6-5-7-12(10)18-13/h8H,5-7H2,1-4H3,(H,18,19)(H,20,21). The van der Waals surface area contributed by atoms with Gasteiger partial charge in [-0.1, -0.05) is 0 Å². The summed E-state index contributed by atoms with van der Waals surface area (Å²) in [5.41, 5.74) is 0.878. The van der Waals surface area contributed by atoms with Crippen LogP contribution in [-0.4, -0.2) is 21.6 Å². The second-order valence-corrected chi connectivity index (χ2v) is 6.64. The maximum Gasteiger partial charge on any atom is 0.311 e. The first kappa shape index (κ1) is 15.3. The molecule has 1 aromatic rings. The third-order valence-corrected chi connectivity index (χ3v) is 4.70. The Morgan fingerprint density at radius 3 is 2.62 bits per heavy atom. The van der Waals surface area contributed by atoms with Gasteiger partial charge in [0.05, 0.1) is 11.0 Å². The van der Waals surface area contributed by atoms with Gasteiger partial charge in [0.2, 0.25) is 0 Å². The van der Waals surface area contributed by atoms with E-state index in [1.165, 1.54) is 0 Å².